The number of alkyl halides is 2. The fourth-order valence-corrected chi connectivity index (χ4v) is 0.614. The Morgan fingerprint density at radius 2 is 2.20 bits per heavy atom. The predicted molar refractivity (Wildman–Crippen MR) is 41.6 cm³/mol. The van der Waals surface area contributed by atoms with Gasteiger partial charge in [0, 0.05) is 5.33 Å². The van der Waals surface area contributed by atoms with Crippen LogP contribution in [0.5, 0.6) is 0 Å². The van der Waals surface area contributed by atoms with Crippen LogP contribution < -0.4 is 0 Å². The Balaban J connectivity index is 3.05. The lowest BCUT2D eigenvalue weighted by Gasteiger charge is -2.00. The molecule has 60 valence electrons. The second-order valence-electron chi connectivity index (χ2n) is 1.39. The van der Waals surface area contributed by atoms with Gasteiger partial charge in [0.15, 0.2) is 6.07 Å². The average Bonchev–Trinajstić information content (AvgIpc) is 1.89. The summed E-state index contributed by atoms with van der Waals surface area (Å²) in [4.78, 5) is 10.4. The summed E-state index contributed by atoms with van der Waals surface area (Å²) in [6, 6.07) is -0.160. The third-order valence-electron chi connectivity index (χ3n) is 0.670. The van der Waals surface area contributed by atoms with Gasteiger partial charge in [-0.25, -0.2) is 4.79 Å². The third kappa shape index (κ3) is 6.16. The van der Waals surface area contributed by atoms with Crippen molar-refractivity contribution >= 4 is 33.7 Å². The standard InChI is InChI=1S/C5H8BrClO3/c6-2-1-3-9-5(8)10-4-7/h1-4H2. The molecule has 0 aromatic heterocycles. The molecule has 5 heteroatoms. The van der Waals surface area contributed by atoms with Crippen LogP contribution in [0.4, 0.5) is 4.79 Å². The Morgan fingerprint density at radius 1 is 1.50 bits per heavy atom. The van der Waals surface area contributed by atoms with Crippen molar-refractivity contribution in [3.63, 3.8) is 0 Å². The molecule has 0 radical (unpaired) electrons. The first-order valence-electron chi connectivity index (χ1n) is 2.72. The lowest BCUT2D eigenvalue weighted by atomic mass is 10.5. The van der Waals surface area contributed by atoms with E-state index in [1.165, 1.54) is 0 Å². The molecule has 3 nitrogen and oxygen atoms in total. The monoisotopic (exact) mass is 230 g/mol. The van der Waals surface area contributed by atoms with Crippen molar-refractivity contribution in [2.75, 3.05) is 18.0 Å². The summed E-state index contributed by atoms with van der Waals surface area (Å²) < 4.78 is 8.82. The number of ether oxygens (including phenoxy) is 2. The molecule has 0 spiro atoms. The van der Waals surface area contributed by atoms with Crippen LogP contribution in [-0.4, -0.2) is 24.2 Å². The molecule has 0 saturated heterocycles. The molecule has 0 saturated carbocycles. The maximum atomic E-state index is 10.4. The zero-order chi connectivity index (χ0) is 7.82. The predicted octanol–water partition coefficient (Wildman–Crippen LogP) is 2.12. The molecule has 0 fully saturated rings. The van der Waals surface area contributed by atoms with Gasteiger partial charge in [0.2, 0.25) is 0 Å². The SMILES string of the molecule is O=C(OCCl)OCCCBr. The summed E-state index contributed by atoms with van der Waals surface area (Å²) in [7, 11) is 0. The number of carbonyl (C=O) groups is 1. The summed E-state index contributed by atoms with van der Waals surface area (Å²) in [6.07, 6.45) is 0.0631. The highest BCUT2D eigenvalue weighted by Gasteiger charge is 1.99. The van der Waals surface area contributed by atoms with Crippen LogP contribution in [-0.2, 0) is 9.47 Å². The molecule has 0 aromatic carbocycles. The van der Waals surface area contributed by atoms with Crippen molar-refractivity contribution in [2.24, 2.45) is 0 Å². The van der Waals surface area contributed by atoms with E-state index in [0.717, 1.165) is 11.8 Å². The van der Waals surface area contributed by atoms with Gasteiger partial charge in [-0.2, -0.15) is 0 Å². The van der Waals surface area contributed by atoms with Gasteiger partial charge in [0.1, 0.15) is 0 Å². The normalized spacial score (nSPS) is 9.00. The molecule has 0 aromatic rings. The van der Waals surface area contributed by atoms with Gasteiger partial charge in [-0.05, 0) is 6.42 Å². The summed E-state index contributed by atoms with van der Waals surface area (Å²) in [6.45, 7) is 0.362. The molecule has 0 unspecified atom stereocenters. The van der Waals surface area contributed by atoms with Crippen molar-refractivity contribution in [1.29, 1.82) is 0 Å². The minimum absolute atomic E-state index is 0.160. The van der Waals surface area contributed by atoms with Crippen LogP contribution in [0, 0.1) is 0 Å². The second kappa shape index (κ2) is 7.15. The molecule has 10 heavy (non-hydrogen) atoms. The Hall–Kier alpha value is 0.0400. The zero-order valence-electron chi connectivity index (χ0n) is 5.31. The van der Waals surface area contributed by atoms with Gasteiger partial charge in [0.05, 0.1) is 6.61 Å². The van der Waals surface area contributed by atoms with Gasteiger partial charge >= 0.3 is 6.16 Å². The molecular formula is C5H8BrClO3. The number of hydrogen-bond donors (Lipinski definition) is 0. The summed E-state index contributed by atoms with van der Waals surface area (Å²) in [5.41, 5.74) is 0. The van der Waals surface area contributed by atoms with Crippen molar-refractivity contribution in [1.82, 2.24) is 0 Å². The van der Waals surface area contributed by atoms with Gasteiger partial charge in [-0.3, -0.25) is 0 Å². The van der Waals surface area contributed by atoms with Crippen LogP contribution in [0.15, 0.2) is 0 Å². The maximum absolute atomic E-state index is 10.4. The molecule has 0 aliphatic heterocycles. The molecule has 0 bridgehead atoms. The van der Waals surface area contributed by atoms with Gasteiger partial charge in [-0.15, -0.1) is 0 Å². The maximum Gasteiger partial charge on any atom is 0.509 e. The summed E-state index contributed by atoms with van der Waals surface area (Å²) >= 11 is 8.26. The van der Waals surface area contributed by atoms with Crippen molar-refractivity contribution in [2.45, 2.75) is 6.42 Å². The number of hydrogen-bond acceptors (Lipinski definition) is 3. The van der Waals surface area contributed by atoms with Crippen LogP contribution in [0.3, 0.4) is 0 Å². The Labute approximate surface area is 72.8 Å². The average molecular weight is 231 g/mol. The van der Waals surface area contributed by atoms with Crippen molar-refractivity contribution in [3.8, 4) is 0 Å². The number of halogens is 2. The molecule has 0 aliphatic carbocycles. The van der Waals surface area contributed by atoms with Crippen LogP contribution in [0.25, 0.3) is 0 Å². The van der Waals surface area contributed by atoms with E-state index in [0.29, 0.717) is 6.61 Å². The largest absolute Gasteiger partial charge is 0.509 e. The first-order valence-corrected chi connectivity index (χ1v) is 4.38. The van der Waals surface area contributed by atoms with E-state index in [9.17, 15) is 4.79 Å². The molecule has 0 aliphatic rings. The quantitative estimate of drug-likeness (QED) is 0.422. The smallest absolute Gasteiger partial charge is 0.434 e. The van der Waals surface area contributed by atoms with E-state index in [2.05, 4.69) is 25.4 Å². The van der Waals surface area contributed by atoms with E-state index < -0.39 is 6.16 Å². The Morgan fingerprint density at radius 3 is 2.70 bits per heavy atom. The fraction of sp³-hybridized carbons (Fsp3) is 0.800. The highest BCUT2D eigenvalue weighted by Crippen LogP contribution is 1.92. The minimum atomic E-state index is -0.712. The number of rotatable bonds is 4. The fourth-order valence-electron chi connectivity index (χ4n) is 0.296. The van der Waals surface area contributed by atoms with E-state index in [-0.39, 0.29) is 6.07 Å². The number of carbonyl (C=O) groups excluding carboxylic acids is 1. The van der Waals surface area contributed by atoms with E-state index in [1.807, 2.05) is 0 Å². The Kier molecular flexibility index (Phi) is 7.18. The van der Waals surface area contributed by atoms with E-state index >= 15 is 0 Å². The Bertz CT molecular complexity index is 98.9. The molecule has 0 amide bonds. The lowest BCUT2D eigenvalue weighted by Crippen LogP contribution is -2.07. The molecule has 0 atom stereocenters. The topological polar surface area (TPSA) is 35.5 Å². The third-order valence-corrected chi connectivity index (χ3v) is 1.34. The van der Waals surface area contributed by atoms with Gasteiger partial charge in [-0.1, -0.05) is 27.5 Å². The molecular weight excluding hydrogens is 223 g/mol. The summed E-state index contributed by atoms with van der Waals surface area (Å²) in [5, 5.41) is 0.807. The van der Waals surface area contributed by atoms with Crippen LogP contribution in [0.2, 0.25) is 0 Å². The second-order valence-corrected chi connectivity index (χ2v) is 2.41. The van der Waals surface area contributed by atoms with Crippen LogP contribution in [0.1, 0.15) is 6.42 Å². The first kappa shape index (κ1) is 10.0. The van der Waals surface area contributed by atoms with E-state index in [1.54, 1.807) is 0 Å². The van der Waals surface area contributed by atoms with Crippen molar-refractivity contribution < 1.29 is 14.3 Å². The molecule has 0 N–H and O–H groups in total. The van der Waals surface area contributed by atoms with Gasteiger partial charge < -0.3 is 9.47 Å². The van der Waals surface area contributed by atoms with Gasteiger partial charge in [0.25, 0.3) is 0 Å². The minimum Gasteiger partial charge on any atom is -0.434 e. The highest BCUT2D eigenvalue weighted by molar-refractivity contribution is 9.09. The van der Waals surface area contributed by atoms with Crippen LogP contribution >= 0.6 is 27.5 Å². The molecule has 0 rings (SSSR count). The highest BCUT2D eigenvalue weighted by atomic mass is 79.9. The molecule has 0 heterocycles. The van der Waals surface area contributed by atoms with Crippen molar-refractivity contribution in [3.05, 3.63) is 0 Å². The van der Waals surface area contributed by atoms with E-state index in [4.69, 9.17) is 11.6 Å². The lowest BCUT2D eigenvalue weighted by molar-refractivity contribution is 0.0681. The zero-order valence-corrected chi connectivity index (χ0v) is 7.65. The first-order chi connectivity index (χ1) is 4.81. The summed E-state index contributed by atoms with van der Waals surface area (Å²) in [5.74, 6) is 0.